The molecule has 7 nitrogen and oxygen atoms in total. The van der Waals surface area contributed by atoms with Gasteiger partial charge in [0, 0.05) is 25.0 Å². The second kappa shape index (κ2) is 6.31. The summed E-state index contributed by atoms with van der Waals surface area (Å²) in [5.41, 5.74) is 0. The van der Waals surface area contributed by atoms with Gasteiger partial charge in [0.05, 0.1) is 12.2 Å². The molecule has 1 saturated carbocycles. The Balaban J connectivity index is 1.84. The molecule has 1 aliphatic heterocycles. The summed E-state index contributed by atoms with van der Waals surface area (Å²) < 4.78 is 24.9. The Labute approximate surface area is 124 Å². The van der Waals surface area contributed by atoms with Crippen LogP contribution in [0.25, 0.3) is 0 Å². The van der Waals surface area contributed by atoms with Crippen LogP contribution in [0.15, 0.2) is 0 Å². The molecule has 21 heavy (non-hydrogen) atoms. The predicted octanol–water partition coefficient (Wildman–Crippen LogP) is 0.0275. The van der Waals surface area contributed by atoms with Gasteiger partial charge in [-0.2, -0.15) is 0 Å². The average molecular weight is 318 g/mol. The van der Waals surface area contributed by atoms with Crippen LogP contribution < -0.4 is 4.72 Å². The van der Waals surface area contributed by atoms with Crippen LogP contribution in [0.2, 0.25) is 0 Å². The van der Waals surface area contributed by atoms with Crippen molar-refractivity contribution >= 4 is 21.9 Å². The Morgan fingerprint density at radius 2 is 1.67 bits per heavy atom. The SMILES string of the molecule is CS(=O)(=O)N[C@@H]1CCN(C(=O)C2CCC(C(=O)O)CC2)C1. The summed E-state index contributed by atoms with van der Waals surface area (Å²) in [5.74, 6) is -1.18. The molecule has 0 aromatic rings. The molecule has 0 aromatic heterocycles. The van der Waals surface area contributed by atoms with Crippen LogP contribution in [0.3, 0.4) is 0 Å². The zero-order valence-electron chi connectivity index (χ0n) is 12.1. The maximum absolute atomic E-state index is 12.4. The third kappa shape index (κ3) is 4.41. The van der Waals surface area contributed by atoms with E-state index in [1.807, 2.05) is 0 Å². The lowest BCUT2D eigenvalue weighted by molar-refractivity contribution is -0.145. The second-order valence-corrected chi connectivity index (χ2v) is 7.83. The molecule has 2 rings (SSSR count). The first-order valence-electron chi connectivity index (χ1n) is 7.25. The number of sulfonamides is 1. The summed E-state index contributed by atoms with van der Waals surface area (Å²) in [5, 5.41) is 8.96. The Bertz CT molecular complexity index is 511. The molecule has 8 heteroatoms. The van der Waals surface area contributed by atoms with Crippen molar-refractivity contribution in [1.82, 2.24) is 9.62 Å². The Hall–Kier alpha value is -1.15. The number of carboxylic acid groups (broad SMARTS) is 1. The summed E-state index contributed by atoms with van der Waals surface area (Å²) in [6.45, 7) is 0.968. The lowest BCUT2D eigenvalue weighted by Gasteiger charge is -2.28. The topological polar surface area (TPSA) is 104 Å². The monoisotopic (exact) mass is 318 g/mol. The van der Waals surface area contributed by atoms with Crippen molar-refractivity contribution in [1.29, 1.82) is 0 Å². The number of aliphatic carboxylic acids is 1. The van der Waals surface area contributed by atoms with Gasteiger partial charge in [0.15, 0.2) is 0 Å². The minimum atomic E-state index is -3.25. The van der Waals surface area contributed by atoms with Crippen molar-refractivity contribution in [2.75, 3.05) is 19.3 Å². The van der Waals surface area contributed by atoms with E-state index in [-0.39, 0.29) is 23.8 Å². The molecule has 1 atom stereocenters. The standard InChI is InChI=1S/C13H22N2O5S/c1-21(19,20)14-11-6-7-15(8-11)12(16)9-2-4-10(5-3-9)13(17)18/h9-11,14H,2-8H2,1H3,(H,17,18)/t9?,10?,11-/m1/s1. The van der Waals surface area contributed by atoms with Gasteiger partial charge in [-0.25, -0.2) is 13.1 Å². The van der Waals surface area contributed by atoms with Gasteiger partial charge in [0.25, 0.3) is 0 Å². The van der Waals surface area contributed by atoms with Crippen molar-refractivity contribution in [3.8, 4) is 0 Å². The van der Waals surface area contributed by atoms with Crippen LogP contribution in [-0.2, 0) is 19.6 Å². The van der Waals surface area contributed by atoms with Gasteiger partial charge >= 0.3 is 5.97 Å². The van der Waals surface area contributed by atoms with Crippen LogP contribution in [0.4, 0.5) is 0 Å². The van der Waals surface area contributed by atoms with Crippen LogP contribution >= 0.6 is 0 Å². The summed E-state index contributed by atoms with van der Waals surface area (Å²) in [6, 6.07) is -0.209. The fourth-order valence-electron chi connectivity index (χ4n) is 3.20. The average Bonchev–Trinajstić information content (AvgIpc) is 2.84. The molecule has 0 aromatic carbocycles. The van der Waals surface area contributed by atoms with Gasteiger partial charge in [-0.15, -0.1) is 0 Å². The summed E-state index contributed by atoms with van der Waals surface area (Å²) in [4.78, 5) is 25.0. The van der Waals surface area contributed by atoms with E-state index in [9.17, 15) is 18.0 Å². The summed E-state index contributed by atoms with van der Waals surface area (Å²) in [7, 11) is -3.25. The molecule has 2 N–H and O–H groups in total. The van der Waals surface area contributed by atoms with Crippen LogP contribution in [-0.4, -0.2) is 55.7 Å². The molecule has 0 radical (unpaired) electrons. The van der Waals surface area contributed by atoms with Gasteiger partial charge in [-0.3, -0.25) is 9.59 Å². The molecule has 2 fully saturated rings. The lowest BCUT2D eigenvalue weighted by atomic mass is 9.81. The number of carbonyl (C=O) groups excluding carboxylic acids is 1. The zero-order chi connectivity index (χ0) is 15.6. The van der Waals surface area contributed by atoms with Crippen molar-refractivity contribution in [2.24, 2.45) is 11.8 Å². The maximum Gasteiger partial charge on any atom is 0.306 e. The van der Waals surface area contributed by atoms with Gasteiger partial charge in [-0.1, -0.05) is 0 Å². The third-order valence-electron chi connectivity index (χ3n) is 4.31. The molecule has 0 spiro atoms. The Morgan fingerprint density at radius 1 is 1.10 bits per heavy atom. The molecule has 0 bridgehead atoms. The van der Waals surface area contributed by atoms with Crippen molar-refractivity contribution in [3.63, 3.8) is 0 Å². The first kappa shape index (κ1) is 16.2. The zero-order valence-corrected chi connectivity index (χ0v) is 12.9. The second-order valence-electron chi connectivity index (χ2n) is 6.05. The molecular weight excluding hydrogens is 296 g/mol. The third-order valence-corrected chi connectivity index (χ3v) is 5.07. The lowest BCUT2D eigenvalue weighted by Crippen LogP contribution is -2.40. The van der Waals surface area contributed by atoms with E-state index in [0.717, 1.165) is 6.26 Å². The number of nitrogens with zero attached hydrogens (tertiary/aromatic N) is 1. The highest BCUT2D eigenvalue weighted by Crippen LogP contribution is 2.31. The van der Waals surface area contributed by atoms with Crippen molar-refractivity contribution < 1.29 is 23.1 Å². The normalized spacial score (nSPS) is 30.3. The molecule has 1 amide bonds. The van der Waals surface area contributed by atoms with Crippen LogP contribution in [0.1, 0.15) is 32.1 Å². The fourth-order valence-corrected chi connectivity index (χ4v) is 4.00. The first-order chi connectivity index (χ1) is 9.76. The number of amides is 1. The van der Waals surface area contributed by atoms with E-state index in [4.69, 9.17) is 5.11 Å². The molecule has 1 heterocycles. The Kier molecular flexibility index (Phi) is 4.88. The number of nitrogens with one attached hydrogen (secondary N) is 1. The van der Waals surface area contributed by atoms with Gasteiger partial charge in [-0.05, 0) is 32.1 Å². The number of carboxylic acids is 1. The van der Waals surface area contributed by atoms with Crippen molar-refractivity contribution in [3.05, 3.63) is 0 Å². The number of likely N-dealkylation sites (tertiary alicyclic amines) is 1. The predicted molar refractivity (Wildman–Crippen MR) is 76.0 cm³/mol. The Morgan fingerprint density at radius 3 is 2.19 bits per heavy atom. The van der Waals surface area contributed by atoms with E-state index in [0.29, 0.717) is 45.2 Å². The van der Waals surface area contributed by atoms with E-state index >= 15 is 0 Å². The largest absolute Gasteiger partial charge is 0.481 e. The van der Waals surface area contributed by atoms with E-state index in [1.54, 1.807) is 4.90 Å². The van der Waals surface area contributed by atoms with Crippen LogP contribution in [0, 0.1) is 11.8 Å². The number of rotatable bonds is 4. The molecule has 120 valence electrons. The molecule has 1 saturated heterocycles. The molecular formula is C13H22N2O5S. The van der Waals surface area contributed by atoms with E-state index in [2.05, 4.69) is 4.72 Å². The highest BCUT2D eigenvalue weighted by molar-refractivity contribution is 7.88. The summed E-state index contributed by atoms with van der Waals surface area (Å²) >= 11 is 0. The summed E-state index contributed by atoms with van der Waals surface area (Å²) in [6.07, 6.45) is 4.05. The number of carbonyl (C=O) groups is 2. The van der Waals surface area contributed by atoms with Gasteiger partial charge < -0.3 is 10.0 Å². The minimum absolute atomic E-state index is 0.0386. The minimum Gasteiger partial charge on any atom is -0.481 e. The van der Waals surface area contributed by atoms with Crippen LogP contribution in [0.5, 0.6) is 0 Å². The van der Waals surface area contributed by atoms with Gasteiger partial charge in [0.1, 0.15) is 0 Å². The number of hydrogen-bond acceptors (Lipinski definition) is 4. The highest BCUT2D eigenvalue weighted by Gasteiger charge is 2.35. The fraction of sp³-hybridized carbons (Fsp3) is 0.846. The highest BCUT2D eigenvalue weighted by atomic mass is 32.2. The van der Waals surface area contributed by atoms with E-state index < -0.39 is 16.0 Å². The first-order valence-corrected chi connectivity index (χ1v) is 9.14. The van der Waals surface area contributed by atoms with E-state index in [1.165, 1.54) is 0 Å². The smallest absolute Gasteiger partial charge is 0.306 e. The molecule has 0 unspecified atom stereocenters. The molecule has 1 aliphatic carbocycles. The maximum atomic E-state index is 12.4. The quantitative estimate of drug-likeness (QED) is 0.761. The number of hydrogen-bond donors (Lipinski definition) is 2. The molecule has 2 aliphatic rings. The van der Waals surface area contributed by atoms with Crippen molar-refractivity contribution in [2.45, 2.75) is 38.1 Å². The van der Waals surface area contributed by atoms with Gasteiger partial charge in [0.2, 0.25) is 15.9 Å².